The van der Waals surface area contributed by atoms with Gasteiger partial charge in [-0.25, -0.2) is 0 Å². The first kappa shape index (κ1) is 19.9. The minimum atomic E-state index is -1.16. The van der Waals surface area contributed by atoms with Crippen molar-refractivity contribution in [3.63, 3.8) is 0 Å². The Morgan fingerprint density at radius 2 is 1.56 bits per heavy atom. The first-order valence-electron chi connectivity index (χ1n) is 10.4. The van der Waals surface area contributed by atoms with E-state index in [4.69, 9.17) is 0 Å². The number of hydrazine groups is 1. The van der Waals surface area contributed by atoms with Crippen molar-refractivity contribution in [2.75, 3.05) is 0 Å². The van der Waals surface area contributed by atoms with Crippen LogP contribution >= 0.6 is 0 Å². The number of carbonyl (C=O) groups is 3. The van der Waals surface area contributed by atoms with Crippen LogP contribution < -0.4 is 16.0 Å². The van der Waals surface area contributed by atoms with Crippen LogP contribution in [-0.2, 0) is 14.4 Å². The van der Waals surface area contributed by atoms with Crippen LogP contribution in [0.25, 0.3) is 0 Å². The molecule has 3 aliphatic carbocycles. The molecule has 0 aromatic rings. The van der Waals surface area contributed by atoms with Crippen molar-refractivity contribution in [3.8, 4) is 0 Å². The average molecular weight is 375 g/mol. The summed E-state index contributed by atoms with van der Waals surface area (Å²) in [5, 5.41) is 11.7. The lowest BCUT2D eigenvalue weighted by atomic mass is 9.79. The third kappa shape index (κ3) is 4.19. The standard InChI is InChI=1S/C21H32N2O4/c1-12(2)17-14-9-10-15(17)19(21(26)27)18(14)20(25)23-22-16(24)11-8-13-6-4-3-5-7-13/h13-15,18-19H,3-11H2,1-2H3,(H,22,24)(H,23,25)(H,26,27)/p-1/t14-,15-,18+,19-/m0/s1. The quantitative estimate of drug-likeness (QED) is 0.566. The summed E-state index contributed by atoms with van der Waals surface area (Å²) in [5.41, 5.74) is 7.19. The van der Waals surface area contributed by atoms with Gasteiger partial charge in [-0.3, -0.25) is 20.4 Å². The van der Waals surface area contributed by atoms with Gasteiger partial charge < -0.3 is 9.90 Å². The van der Waals surface area contributed by atoms with Gasteiger partial charge in [0.2, 0.25) is 11.8 Å². The lowest BCUT2D eigenvalue weighted by Gasteiger charge is -2.30. The second kappa shape index (κ2) is 8.44. The molecule has 0 unspecified atom stereocenters. The van der Waals surface area contributed by atoms with E-state index in [0.29, 0.717) is 12.3 Å². The Hall–Kier alpha value is -1.85. The number of allylic oxidation sites excluding steroid dienone is 2. The smallest absolute Gasteiger partial charge is 0.242 e. The highest BCUT2D eigenvalue weighted by molar-refractivity contribution is 5.88. The summed E-state index contributed by atoms with van der Waals surface area (Å²) in [5.74, 6) is -2.78. The first-order chi connectivity index (χ1) is 12.9. The van der Waals surface area contributed by atoms with Crippen LogP contribution in [0.1, 0.15) is 71.6 Å². The van der Waals surface area contributed by atoms with E-state index in [2.05, 4.69) is 10.9 Å². The van der Waals surface area contributed by atoms with E-state index in [1.54, 1.807) is 0 Å². The highest BCUT2D eigenvalue weighted by Crippen LogP contribution is 2.56. The molecule has 0 heterocycles. The maximum Gasteiger partial charge on any atom is 0.242 e. The van der Waals surface area contributed by atoms with E-state index in [0.717, 1.165) is 30.4 Å². The van der Waals surface area contributed by atoms with Gasteiger partial charge in [0, 0.05) is 18.3 Å². The largest absolute Gasteiger partial charge is 0.550 e. The van der Waals surface area contributed by atoms with Gasteiger partial charge in [0.1, 0.15) is 0 Å². The fourth-order valence-corrected chi connectivity index (χ4v) is 5.68. The van der Waals surface area contributed by atoms with Gasteiger partial charge in [-0.1, -0.05) is 43.3 Å². The third-order valence-electron chi connectivity index (χ3n) is 6.82. The molecule has 0 saturated heterocycles. The third-order valence-corrected chi connectivity index (χ3v) is 6.82. The molecule has 6 heteroatoms. The van der Waals surface area contributed by atoms with Crippen molar-refractivity contribution in [2.24, 2.45) is 29.6 Å². The summed E-state index contributed by atoms with van der Waals surface area (Å²) in [4.78, 5) is 36.5. The molecule has 2 N–H and O–H groups in total. The van der Waals surface area contributed by atoms with Crippen LogP contribution in [-0.4, -0.2) is 17.8 Å². The van der Waals surface area contributed by atoms with Gasteiger partial charge in [0.05, 0.1) is 5.92 Å². The number of aliphatic carboxylic acids is 1. The molecule has 0 aliphatic heterocycles. The Morgan fingerprint density at radius 3 is 2.15 bits per heavy atom. The monoisotopic (exact) mass is 375 g/mol. The maximum absolute atomic E-state index is 12.7. The van der Waals surface area contributed by atoms with Crippen molar-refractivity contribution in [2.45, 2.75) is 71.6 Å². The fourth-order valence-electron chi connectivity index (χ4n) is 5.68. The number of fused-ring (bicyclic) bond motifs is 2. The zero-order valence-corrected chi connectivity index (χ0v) is 16.4. The summed E-state index contributed by atoms with van der Waals surface area (Å²) in [6.07, 6.45) is 8.99. The van der Waals surface area contributed by atoms with Crippen molar-refractivity contribution < 1.29 is 19.5 Å². The lowest BCUT2D eigenvalue weighted by Crippen LogP contribution is -2.50. The molecule has 0 spiro atoms. The van der Waals surface area contributed by atoms with Crippen LogP contribution in [0.2, 0.25) is 0 Å². The lowest BCUT2D eigenvalue weighted by molar-refractivity contribution is -0.314. The Bertz CT molecular complexity index is 632. The molecule has 0 aromatic heterocycles. The van der Waals surface area contributed by atoms with Crippen molar-refractivity contribution >= 4 is 17.8 Å². The number of hydrogen-bond donors (Lipinski definition) is 2. The van der Waals surface area contributed by atoms with Gasteiger partial charge in [0.15, 0.2) is 0 Å². The van der Waals surface area contributed by atoms with E-state index in [-0.39, 0.29) is 17.7 Å². The molecule has 6 nitrogen and oxygen atoms in total. The van der Waals surface area contributed by atoms with Crippen LogP contribution in [0.5, 0.6) is 0 Å². The molecule has 27 heavy (non-hydrogen) atoms. The van der Waals surface area contributed by atoms with Gasteiger partial charge in [-0.15, -0.1) is 0 Å². The van der Waals surface area contributed by atoms with Crippen molar-refractivity contribution in [3.05, 3.63) is 11.1 Å². The molecular weight excluding hydrogens is 344 g/mol. The van der Waals surface area contributed by atoms with E-state index < -0.39 is 23.7 Å². The van der Waals surface area contributed by atoms with E-state index in [1.165, 1.54) is 32.1 Å². The SMILES string of the molecule is CC(C)=C1[C@@H]2CC[C@@H]1[C@@H](C(=O)NNC(=O)CCC1CCCCC1)[C@H]2C(=O)[O-]. The number of carbonyl (C=O) groups excluding carboxylic acids is 3. The van der Waals surface area contributed by atoms with Gasteiger partial charge in [-0.05, 0) is 50.9 Å². The molecular formula is C21H31N2O4-. The van der Waals surface area contributed by atoms with Crippen LogP contribution in [0, 0.1) is 29.6 Å². The zero-order valence-electron chi connectivity index (χ0n) is 16.4. The van der Waals surface area contributed by atoms with Crippen molar-refractivity contribution in [1.82, 2.24) is 10.9 Å². The number of rotatable bonds is 5. The number of carboxylic acid groups (broad SMARTS) is 1. The number of amides is 2. The molecule has 3 fully saturated rings. The summed E-state index contributed by atoms with van der Waals surface area (Å²) in [6.45, 7) is 3.95. The highest BCUT2D eigenvalue weighted by Gasteiger charge is 2.54. The fraction of sp³-hybridized carbons (Fsp3) is 0.762. The summed E-state index contributed by atoms with van der Waals surface area (Å²) in [7, 11) is 0. The second-order valence-corrected chi connectivity index (χ2v) is 8.70. The molecule has 0 aromatic carbocycles. The number of nitrogens with one attached hydrogen (secondary N) is 2. The Labute approximate surface area is 161 Å². The maximum atomic E-state index is 12.7. The average Bonchev–Trinajstić information content (AvgIpc) is 3.21. The van der Waals surface area contributed by atoms with Gasteiger partial charge >= 0.3 is 0 Å². The molecule has 0 radical (unpaired) electrons. The summed E-state index contributed by atoms with van der Waals surface area (Å²) >= 11 is 0. The van der Waals surface area contributed by atoms with Crippen molar-refractivity contribution in [1.29, 1.82) is 0 Å². The first-order valence-corrected chi connectivity index (χ1v) is 10.4. The topological polar surface area (TPSA) is 98.3 Å². The van der Waals surface area contributed by atoms with Crippen LogP contribution in [0.15, 0.2) is 11.1 Å². The Kier molecular flexibility index (Phi) is 6.22. The van der Waals surface area contributed by atoms with Crippen LogP contribution in [0.3, 0.4) is 0 Å². The number of hydrogen-bond acceptors (Lipinski definition) is 4. The van der Waals surface area contributed by atoms with Gasteiger partial charge in [0.25, 0.3) is 0 Å². The summed E-state index contributed by atoms with van der Waals surface area (Å²) < 4.78 is 0. The van der Waals surface area contributed by atoms with E-state index in [1.807, 2.05) is 13.8 Å². The molecule has 3 saturated carbocycles. The molecule has 150 valence electrons. The summed E-state index contributed by atoms with van der Waals surface area (Å²) in [6, 6.07) is 0. The Morgan fingerprint density at radius 1 is 0.926 bits per heavy atom. The van der Waals surface area contributed by atoms with E-state index >= 15 is 0 Å². The van der Waals surface area contributed by atoms with Gasteiger partial charge in [-0.2, -0.15) is 0 Å². The second-order valence-electron chi connectivity index (χ2n) is 8.70. The molecule has 4 atom stereocenters. The predicted molar refractivity (Wildman–Crippen MR) is 98.7 cm³/mol. The minimum Gasteiger partial charge on any atom is -0.550 e. The normalized spacial score (nSPS) is 30.2. The van der Waals surface area contributed by atoms with Crippen LogP contribution in [0.4, 0.5) is 0 Å². The Balaban J connectivity index is 1.54. The molecule has 3 rings (SSSR count). The minimum absolute atomic E-state index is 0.0537. The molecule has 3 aliphatic rings. The molecule has 2 amide bonds. The predicted octanol–water partition coefficient (Wildman–Crippen LogP) is 1.85. The molecule has 2 bridgehead atoms. The zero-order chi connectivity index (χ0) is 19.6. The van der Waals surface area contributed by atoms with E-state index in [9.17, 15) is 19.5 Å². The number of carboxylic acids is 1. The highest BCUT2D eigenvalue weighted by atomic mass is 16.4.